The largest absolute Gasteiger partial charge is 0.431 e. The smallest absolute Gasteiger partial charge is 0.389 e. The van der Waals surface area contributed by atoms with Gasteiger partial charge >= 0.3 is 6.18 Å². The van der Waals surface area contributed by atoms with Crippen LogP contribution in [0.15, 0.2) is 16.9 Å². The van der Waals surface area contributed by atoms with Gasteiger partial charge in [-0.15, -0.1) is 0 Å². The standard InChI is InChI=1S/C12H13F3N2O4/c13-12(14,15)9-2-1-8(10(19)16-9)11(20)17-3-4-21-6-7(18)5-17/h1-2,7,18H,3-6H2,(H,16,19)/t7-/m0/s1. The zero-order valence-electron chi connectivity index (χ0n) is 10.8. The maximum atomic E-state index is 12.4. The summed E-state index contributed by atoms with van der Waals surface area (Å²) in [5.74, 6) is -0.741. The van der Waals surface area contributed by atoms with Crippen molar-refractivity contribution < 1.29 is 27.8 Å². The molecule has 2 N–H and O–H groups in total. The Morgan fingerprint density at radius 3 is 2.76 bits per heavy atom. The molecule has 2 heterocycles. The zero-order valence-corrected chi connectivity index (χ0v) is 10.8. The monoisotopic (exact) mass is 306 g/mol. The predicted molar refractivity (Wildman–Crippen MR) is 64.8 cm³/mol. The highest BCUT2D eigenvalue weighted by atomic mass is 19.4. The Bertz CT molecular complexity index is 585. The Morgan fingerprint density at radius 2 is 2.14 bits per heavy atom. The van der Waals surface area contributed by atoms with Crippen molar-refractivity contribution in [1.82, 2.24) is 9.88 Å². The molecule has 1 aromatic rings. The molecule has 2 rings (SSSR count). The van der Waals surface area contributed by atoms with Gasteiger partial charge in [0.25, 0.3) is 11.5 Å². The highest BCUT2D eigenvalue weighted by molar-refractivity contribution is 5.93. The quantitative estimate of drug-likeness (QED) is 0.778. The average molecular weight is 306 g/mol. The molecule has 21 heavy (non-hydrogen) atoms. The molecule has 0 aliphatic carbocycles. The van der Waals surface area contributed by atoms with Crippen LogP contribution >= 0.6 is 0 Å². The molecule has 1 fully saturated rings. The molecule has 1 aliphatic rings. The molecule has 0 bridgehead atoms. The number of aliphatic hydroxyl groups is 1. The third kappa shape index (κ3) is 3.61. The molecule has 0 saturated carbocycles. The molecule has 1 aliphatic heterocycles. The van der Waals surface area contributed by atoms with Gasteiger partial charge in [0.2, 0.25) is 0 Å². The van der Waals surface area contributed by atoms with Crippen molar-refractivity contribution in [3.63, 3.8) is 0 Å². The van der Waals surface area contributed by atoms with Gasteiger partial charge in [-0.1, -0.05) is 0 Å². The van der Waals surface area contributed by atoms with Crippen LogP contribution in [0.5, 0.6) is 0 Å². The third-order valence-corrected chi connectivity index (χ3v) is 2.98. The van der Waals surface area contributed by atoms with Crippen molar-refractivity contribution >= 4 is 5.91 Å². The predicted octanol–water partition coefficient (Wildman–Crippen LogP) is 0.227. The fourth-order valence-electron chi connectivity index (χ4n) is 1.95. The van der Waals surface area contributed by atoms with Gasteiger partial charge in [-0.25, -0.2) is 0 Å². The number of rotatable bonds is 1. The number of β-amino-alcohol motifs (C(OH)–C–C–N with tert-alkyl or cyclic N) is 1. The number of alkyl halides is 3. The summed E-state index contributed by atoms with van der Waals surface area (Å²) in [4.78, 5) is 26.6. The summed E-state index contributed by atoms with van der Waals surface area (Å²) in [5, 5.41) is 9.52. The number of H-pyrrole nitrogens is 1. The maximum absolute atomic E-state index is 12.4. The van der Waals surface area contributed by atoms with Gasteiger partial charge < -0.3 is 19.7 Å². The van der Waals surface area contributed by atoms with Crippen molar-refractivity contribution in [3.05, 3.63) is 33.7 Å². The molecular weight excluding hydrogens is 293 g/mol. The van der Waals surface area contributed by atoms with Crippen molar-refractivity contribution in [2.75, 3.05) is 26.3 Å². The molecule has 9 heteroatoms. The minimum Gasteiger partial charge on any atom is -0.389 e. The lowest BCUT2D eigenvalue weighted by atomic mass is 10.2. The zero-order chi connectivity index (χ0) is 15.6. The lowest BCUT2D eigenvalue weighted by molar-refractivity contribution is -0.141. The molecule has 1 aromatic heterocycles. The Hall–Kier alpha value is -1.87. The fourth-order valence-corrected chi connectivity index (χ4v) is 1.95. The van der Waals surface area contributed by atoms with E-state index in [4.69, 9.17) is 4.74 Å². The van der Waals surface area contributed by atoms with Crippen LogP contribution in [-0.2, 0) is 10.9 Å². The van der Waals surface area contributed by atoms with E-state index < -0.39 is 35.0 Å². The van der Waals surface area contributed by atoms with E-state index in [1.807, 2.05) is 0 Å². The van der Waals surface area contributed by atoms with Crippen LogP contribution < -0.4 is 5.56 Å². The number of halogens is 3. The second-order valence-electron chi connectivity index (χ2n) is 4.59. The van der Waals surface area contributed by atoms with E-state index in [1.165, 1.54) is 4.90 Å². The number of aliphatic hydroxyl groups excluding tert-OH is 1. The van der Waals surface area contributed by atoms with Gasteiger partial charge in [0, 0.05) is 13.1 Å². The van der Waals surface area contributed by atoms with E-state index >= 15 is 0 Å². The normalized spacial score (nSPS) is 20.2. The lowest BCUT2D eigenvalue weighted by Crippen LogP contribution is -2.40. The average Bonchev–Trinajstić information content (AvgIpc) is 2.61. The molecule has 1 atom stereocenters. The highest BCUT2D eigenvalue weighted by Gasteiger charge is 2.33. The summed E-state index contributed by atoms with van der Waals surface area (Å²) >= 11 is 0. The van der Waals surface area contributed by atoms with E-state index in [2.05, 4.69) is 0 Å². The van der Waals surface area contributed by atoms with Crippen LogP contribution in [0.25, 0.3) is 0 Å². The summed E-state index contributed by atoms with van der Waals surface area (Å²) in [6, 6.07) is 1.47. The summed E-state index contributed by atoms with van der Waals surface area (Å²) in [6.07, 6.45) is -5.59. The van der Waals surface area contributed by atoms with Crippen molar-refractivity contribution in [2.24, 2.45) is 0 Å². The SMILES string of the molecule is O=C(c1ccc(C(F)(F)F)[nH]c1=O)N1CCOC[C@@H](O)C1. The van der Waals surface area contributed by atoms with Gasteiger partial charge in [-0.05, 0) is 12.1 Å². The van der Waals surface area contributed by atoms with E-state index in [-0.39, 0.29) is 26.3 Å². The van der Waals surface area contributed by atoms with Gasteiger partial charge in [-0.2, -0.15) is 13.2 Å². The number of amides is 1. The van der Waals surface area contributed by atoms with Gasteiger partial charge in [0.1, 0.15) is 11.3 Å². The Kier molecular flexibility index (Phi) is 4.33. The number of aromatic nitrogens is 1. The number of ether oxygens (including phenoxy) is 1. The first-order chi connectivity index (χ1) is 9.79. The van der Waals surface area contributed by atoms with Gasteiger partial charge in [0.15, 0.2) is 0 Å². The molecule has 6 nitrogen and oxygen atoms in total. The minimum atomic E-state index is -4.69. The van der Waals surface area contributed by atoms with Crippen LogP contribution in [0.3, 0.4) is 0 Å². The van der Waals surface area contributed by atoms with E-state index in [1.54, 1.807) is 4.98 Å². The summed E-state index contributed by atoms with van der Waals surface area (Å²) in [7, 11) is 0. The number of carbonyl (C=O) groups excluding carboxylic acids is 1. The second-order valence-corrected chi connectivity index (χ2v) is 4.59. The molecule has 0 radical (unpaired) electrons. The number of hydrogen-bond donors (Lipinski definition) is 2. The van der Waals surface area contributed by atoms with E-state index in [9.17, 15) is 27.9 Å². The molecule has 1 saturated heterocycles. The number of carbonyl (C=O) groups is 1. The Labute approximate surface area is 117 Å². The number of hydrogen-bond acceptors (Lipinski definition) is 4. The van der Waals surface area contributed by atoms with E-state index in [0.717, 1.165) is 6.07 Å². The molecule has 0 unspecified atom stereocenters. The highest BCUT2D eigenvalue weighted by Crippen LogP contribution is 2.26. The van der Waals surface area contributed by atoms with Crippen molar-refractivity contribution in [2.45, 2.75) is 12.3 Å². The van der Waals surface area contributed by atoms with Crippen LogP contribution in [0.2, 0.25) is 0 Å². The maximum Gasteiger partial charge on any atom is 0.431 e. The number of pyridine rings is 1. The second kappa shape index (κ2) is 5.86. The van der Waals surface area contributed by atoms with E-state index in [0.29, 0.717) is 6.07 Å². The third-order valence-electron chi connectivity index (χ3n) is 2.98. The topological polar surface area (TPSA) is 82.6 Å². The number of nitrogens with zero attached hydrogens (tertiary/aromatic N) is 1. The van der Waals surface area contributed by atoms with Crippen molar-refractivity contribution in [3.8, 4) is 0 Å². The number of nitrogens with one attached hydrogen (secondary N) is 1. The fraction of sp³-hybridized carbons (Fsp3) is 0.500. The molecule has 116 valence electrons. The first-order valence-corrected chi connectivity index (χ1v) is 6.14. The van der Waals surface area contributed by atoms with Crippen LogP contribution in [0.1, 0.15) is 16.1 Å². The number of aromatic amines is 1. The summed E-state index contributed by atoms with van der Waals surface area (Å²) < 4.78 is 42.4. The molecular formula is C12H13F3N2O4. The molecule has 1 amide bonds. The summed E-state index contributed by atoms with van der Waals surface area (Å²) in [5.41, 5.74) is -2.74. The summed E-state index contributed by atoms with van der Waals surface area (Å²) in [6.45, 7) is 0.351. The Morgan fingerprint density at radius 1 is 1.43 bits per heavy atom. The first kappa shape index (κ1) is 15.5. The van der Waals surface area contributed by atoms with Crippen LogP contribution in [-0.4, -0.2) is 53.3 Å². The van der Waals surface area contributed by atoms with Gasteiger partial charge in [-0.3, -0.25) is 9.59 Å². The van der Waals surface area contributed by atoms with Gasteiger partial charge in [0.05, 0.1) is 19.3 Å². The van der Waals surface area contributed by atoms with Crippen LogP contribution in [0, 0.1) is 0 Å². The lowest BCUT2D eigenvalue weighted by Gasteiger charge is -2.21. The molecule has 0 aromatic carbocycles. The Balaban J connectivity index is 2.25. The van der Waals surface area contributed by atoms with Crippen LogP contribution in [0.4, 0.5) is 13.2 Å². The minimum absolute atomic E-state index is 0.0424. The molecule has 0 spiro atoms. The van der Waals surface area contributed by atoms with Crippen molar-refractivity contribution in [1.29, 1.82) is 0 Å². The first-order valence-electron chi connectivity index (χ1n) is 6.14.